The second-order valence-electron chi connectivity index (χ2n) is 2.91. The van der Waals surface area contributed by atoms with E-state index >= 15 is 0 Å². The topological polar surface area (TPSA) is 0 Å². The van der Waals surface area contributed by atoms with E-state index in [1.165, 1.54) is 16.7 Å². The van der Waals surface area contributed by atoms with Crippen LogP contribution >= 0.6 is 0 Å². The Morgan fingerprint density at radius 3 is 3.08 bits per heavy atom. The van der Waals surface area contributed by atoms with Crippen LogP contribution < -0.4 is 0 Å². The normalized spacial score (nSPS) is 12.8. The zero-order chi connectivity index (χ0) is 8.39. The van der Waals surface area contributed by atoms with Gasteiger partial charge in [0.05, 0.1) is 0 Å². The van der Waals surface area contributed by atoms with Crippen LogP contribution in [0.25, 0.3) is 12.2 Å². The molecule has 2 rings (SSSR count). The van der Waals surface area contributed by atoms with Gasteiger partial charge in [-0.2, -0.15) is 0 Å². The fourth-order valence-corrected chi connectivity index (χ4v) is 1.38. The molecule has 0 radical (unpaired) electrons. The maximum absolute atomic E-state index is 3.11. The van der Waals surface area contributed by atoms with E-state index in [4.69, 9.17) is 0 Å². The number of allylic oxidation sites excluding steroid dienone is 2. The van der Waals surface area contributed by atoms with Gasteiger partial charge in [0.2, 0.25) is 0 Å². The number of fused-ring (bicyclic) bond motifs is 1. The van der Waals surface area contributed by atoms with E-state index in [1.807, 2.05) is 18.2 Å². The van der Waals surface area contributed by atoms with Crippen molar-refractivity contribution in [3.8, 4) is 0 Å². The van der Waals surface area contributed by atoms with Crippen molar-refractivity contribution in [1.29, 1.82) is 0 Å². The van der Waals surface area contributed by atoms with Crippen LogP contribution in [-0.2, 0) is 0 Å². The Balaban J connectivity index is 2.73. The second kappa shape index (κ2) is 2.84. The molecule has 0 saturated heterocycles. The van der Waals surface area contributed by atoms with Gasteiger partial charge in [-0.25, -0.2) is 0 Å². The molecule has 58 valence electrons. The minimum Gasteiger partial charge on any atom is -0.120 e. The van der Waals surface area contributed by atoms with Crippen LogP contribution in [0.5, 0.6) is 0 Å². The molecule has 0 unspecified atom stereocenters. The van der Waals surface area contributed by atoms with Gasteiger partial charge in [-0.15, -0.1) is 5.73 Å². The van der Waals surface area contributed by atoms with E-state index in [0.29, 0.717) is 0 Å². The van der Waals surface area contributed by atoms with Crippen LogP contribution in [0.15, 0.2) is 36.1 Å². The van der Waals surface area contributed by atoms with Crippen molar-refractivity contribution in [1.82, 2.24) is 0 Å². The Kier molecular flexibility index (Phi) is 1.69. The summed E-state index contributed by atoms with van der Waals surface area (Å²) < 4.78 is 0. The van der Waals surface area contributed by atoms with E-state index in [1.54, 1.807) is 0 Å². The molecule has 0 N–H and O–H groups in total. The van der Waals surface area contributed by atoms with Gasteiger partial charge >= 0.3 is 0 Å². The summed E-state index contributed by atoms with van der Waals surface area (Å²) >= 11 is 0. The molecule has 0 spiro atoms. The highest BCUT2D eigenvalue weighted by atomic mass is 14.0. The molecule has 0 nitrogen and oxygen atoms in total. The lowest BCUT2D eigenvalue weighted by atomic mass is 10.0. The second-order valence-corrected chi connectivity index (χ2v) is 2.91. The van der Waals surface area contributed by atoms with Gasteiger partial charge in [-0.05, 0) is 35.8 Å². The third-order valence-corrected chi connectivity index (χ3v) is 2.05. The lowest BCUT2D eigenvalue weighted by molar-refractivity contribution is 1.43. The van der Waals surface area contributed by atoms with E-state index in [2.05, 4.69) is 36.9 Å². The highest BCUT2D eigenvalue weighted by Gasteiger charge is 1.99. The third kappa shape index (κ3) is 1.13. The molecule has 0 heterocycles. The van der Waals surface area contributed by atoms with Gasteiger partial charge in [0.25, 0.3) is 0 Å². The molecule has 1 aromatic rings. The summed E-state index contributed by atoms with van der Waals surface area (Å²) in [6.07, 6.45) is 8.09. The van der Waals surface area contributed by atoms with E-state index < -0.39 is 0 Å². The molecule has 0 amide bonds. The number of aryl methyl sites for hydroxylation is 1. The van der Waals surface area contributed by atoms with Gasteiger partial charge < -0.3 is 0 Å². The first-order chi connectivity index (χ1) is 5.88. The largest absolute Gasteiger partial charge is 0.120 e. The fraction of sp³-hybridized carbons (Fsp3) is 0.0833. The average molecular weight is 154 g/mol. The summed E-state index contributed by atoms with van der Waals surface area (Å²) in [6.45, 7) is 2.12. The maximum Gasteiger partial charge on any atom is -0.00775 e. The number of benzene rings is 1. The van der Waals surface area contributed by atoms with Crippen molar-refractivity contribution in [2.24, 2.45) is 0 Å². The maximum atomic E-state index is 3.11. The van der Waals surface area contributed by atoms with Crippen molar-refractivity contribution in [2.45, 2.75) is 6.92 Å². The minimum absolute atomic E-state index is 1.27. The zero-order valence-corrected chi connectivity index (χ0v) is 7.04. The predicted molar refractivity (Wildman–Crippen MR) is 52.8 cm³/mol. The Hall–Kier alpha value is -1.52. The Bertz CT molecular complexity index is 388. The molecule has 1 aliphatic rings. The molecular weight excluding hydrogens is 144 g/mol. The molecule has 0 saturated carbocycles. The first kappa shape index (κ1) is 7.15. The van der Waals surface area contributed by atoms with Crippen LogP contribution in [0, 0.1) is 6.92 Å². The Labute approximate surface area is 72.5 Å². The van der Waals surface area contributed by atoms with Crippen LogP contribution in [0.2, 0.25) is 0 Å². The lowest BCUT2D eigenvalue weighted by Gasteiger charge is -2.02. The van der Waals surface area contributed by atoms with Crippen LogP contribution in [-0.4, -0.2) is 0 Å². The standard InChI is InChI=1S/C12H10/c1-10-6-5-8-11-7-3-2-4-9-12(10)11/h2-3,5-9H,1H3. The summed E-state index contributed by atoms with van der Waals surface area (Å²) in [5.41, 5.74) is 6.97. The van der Waals surface area contributed by atoms with E-state index in [9.17, 15) is 0 Å². The molecule has 0 atom stereocenters. The smallest absolute Gasteiger partial charge is 0.00775 e. The van der Waals surface area contributed by atoms with Crippen molar-refractivity contribution in [2.75, 3.05) is 0 Å². The van der Waals surface area contributed by atoms with Gasteiger partial charge in [-0.3, -0.25) is 0 Å². The van der Waals surface area contributed by atoms with Crippen molar-refractivity contribution < 1.29 is 0 Å². The monoisotopic (exact) mass is 154 g/mol. The molecule has 1 aliphatic carbocycles. The van der Waals surface area contributed by atoms with Gasteiger partial charge in [0.1, 0.15) is 0 Å². The van der Waals surface area contributed by atoms with Gasteiger partial charge in [0, 0.05) is 0 Å². The highest BCUT2D eigenvalue weighted by molar-refractivity contribution is 5.69. The molecule has 0 aromatic heterocycles. The molecule has 0 fully saturated rings. The first-order valence-electron chi connectivity index (χ1n) is 4.07. The van der Waals surface area contributed by atoms with Crippen molar-refractivity contribution in [3.05, 3.63) is 52.8 Å². The van der Waals surface area contributed by atoms with Crippen molar-refractivity contribution in [3.63, 3.8) is 0 Å². The Morgan fingerprint density at radius 1 is 1.25 bits per heavy atom. The predicted octanol–water partition coefficient (Wildman–Crippen LogP) is 3.19. The van der Waals surface area contributed by atoms with Crippen LogP contribution in [0.4, 0.5) is 0 Å². The quantitative estimate of drug-likeness (QED) is 0.503. The molecule has 0 bridgehead atoms. The van der Waals surface area contributed by atoms with E-state index in [0.717, 1.165) is 0 Å². The summed E-state index contributed by atoms with van der Waals surface area (Å²) in [4.78, 5) is 0. The van der Waals surface area contributed by atoms with Gasteiger partial charge in [0.15, 0.2) is 0 Å². The van der Waals surface area contributed by atoms with Crippen LogP contribution in [0.3, 0.4) is 0 Å². The SMILES string of the molecule is Cc1cccc2c1C=C=CC=C2. The van der Waals surface area contributed by atoms with E-state index in [-0.39, 0.29) is 0 Å². The minimum atomic E-state index is 1.27. The fourth-order valence-electron chi connectivity index (χ4n) is 1.38. The summed E-state index contributed by atoms with van der Waals surface area (Å²) in [5, 5.41) is 0. The summed E-state index contributed by atoms with van der Waals surface area (Å²) in [5.74, 6) is 0. The highest BCUT2D eigenvalue weighted by Crippen LogP contribution is 2.18. The van der Waals surface area contributed by atoms with Crippen LogP contribution in [0.1, 0.15) is 16.7 Å². The molecule has 1 aromatic carbocycles. The molecular formula is C12H10. The number of rotatable bonds is 0. The van der Waals surface area contributed by atoms with Crippen molar-refractivity contribution >= 4 is 12.2 Å². The first-order valence-corrected chi connectivity index (χ1v) is 4.07. The zero-order valence-electron chi connectivity index (χ0n) is 7.04. The average Bonchev–Trinajstić information content (AvgIpc) is 2.30. The van der Waals surface area contributed by atoms with Gasteiger partial charge in [-0.1, -0.05) is 30.4 Å². The molecule has 0 heteroatoms. The lowest BCUT2D eigenvalue weighted by Crippen LogP contribution is -1.83. The number of hydrogen-bond donors (Lipinski definition) is 0. The Morgan fingerprint density at radius 2 is 2.17 bits per heavy atom. The summed E-state index contributed by atoms with van der Waals surface area (Å²) in [7, 11) is 0. The molecule has 0 aliphatic heterocycles. The third-order valence-electron chi connectivity index (χ3n) is 2.05. The molecule has 12 heavy (non-hydrogen) atoms. The number of hydrogen-bond acceptors (Lipinski definition) is 0. The summed E-state index contributed by atoms with van der Waals surface area (Å²) in [6, 6.07) is 6.32.